The second-order valence-corrected chi connectivity index (χ2v) is 13.0. The van der Waals surface area contributed by atoms with Crippen molar-refractivity contribution in [1.82, 2.24) is 0 Å². The molecular formula is C26H42F3I. The summed E-state index contributed by atoms with van der Waals surface area (Å²) in [6, 6.07) is 0. The van der Waals surface area contributed by atoms with Crippen LogP contribution in [0.25, 0.3) is 0 Å². The predicted octanol–water partition coefficient (Wildman–Crippen LogP) is 8.80. The Labute approximate surface area is 196 Å². The van der Waals surface area contributed by atoms with E-state index in [-0.39, 0.29) is 17.8 Å². The van der Waals surface area contributed by atoms with Crippen LogP contribution in [0.1, 0.15) is 103 Å². The van der Waals surface area contributed by atoms with Gasteiger partial charge >= 0.3 is 0 Å². The van der Waals surface area contributed by atoms with Crippen molar-refractivity contribution in [2.45, 2.75) is 125 Å². The summed E-state index contributed by atoms with van der Waals surface area (Å²) in [6.45, 7) is 0. The summed E-state index contributed by atoms with van der Waals surface area (Å²) in [5.74, 6) is 1.86. The van der Waals surface area contributed by atoms with Gasteiger partial charge < -0.3 is 0 Å². The number of rotatable bonds is 5. The first-order valence-electron chi connectivity index (χ1n) is 13.1. The predicted molar refractivity (Wildman–Crippen MR) is 127 cm³/mol. The molecule has 0 N–H and O–H groups in total. The molecule has 4 heteroatoms. The van der Waals surface area contributed by atoms with Gasteiger partial charge in [0.05, 0.1) is 0 Å². The molecule has 0 heterocycles. The van der Waals surface area contributed by atoms with Crippen LogP contribution in [0.3, 0.4) is 0 Å². The molecule has 0 spiro atoms. The summed E-state index contributed by atoms with van der Waals surface area (Å²) in [5, 5.41) is 0. The zero-order chi connectivity index (χ0) is 21.1. The first-order valence-corrected chi connectivity index (χ1v) is 14.3. The monoisotopic (exact) mass is 538 g/mol. The van der Waals surface area contributed by atoms with Crippen molar-refractivity contribution in [2.24, 2.45) is 35.5 Å². The molecule has 0 aliphatic heterocycles. The van der Waals surface area contributed by atoms with Crippen molar-refractivity contribution < 1.29 is 13.2 Å². The van der Waals surface area contributed by atoms with E-state index in [0.29, 0.717) is 21.7 Å². The Morgan fingerprint density at radius 3 is 1.97 bits per heavy atom. The highest BCUT2D eigenvalue weighted by atomic mass is 127. The first kappa shape index (κ1) is 23.7. The fourth-order valence-corrected chi connectivity index (χ4v) is 8.41. The van der Waals surface area contributed by atoms with Gasteiger partial charge in [0.25, 0.3) is 0 Å². The Bertz CT molecular complexity index is 514. The Morgan fingerprint density at radius 1 is 0.600 bits per heavy atom. The van der Waals surface area contributed by atoms with Gasteiger partial charge in [-0.15, -0.1) is 0 Å². The third-order valence-corrected chi connectivity index (χ3v) is 10.6. The molecule has 0 aromatic heterocycles. The van der Waals surface area contributed by atoms with Crippen LogP contribution in [0.5, 0.6) is 0 Å². The van der Waals surface area contributed by atoms with Gasteiger partial charge in [-0.2, -0.15) is 0 Å². The maximum atomic E-state index is 15.0. The first-order chi connectivity index (χ1) is 14.5. The quantitative estimate of drug-likeness (QED) is 0.242. The van der Waals surface area contributed by atoms with Crippen molar-refractivity contribution in [3.63, 3.8) is 0 Å². The molecule has 30 heavy (non-hydrogen) atoms. The number of hydrogen-bond acceptors (Lipinski definition) is 0. The van der Waals surface area contributed by atoms with Crippen molar-refractivity contribution in [3.8, 4) is 0 Å². The Morgan fingerprint density at radius 2 is 1.27 bits per heavy atom. The molecule has 174 valence electrons. The molecule has 4 aliphatic carbocycles. The normalized spacial score (nSPS) is 46.6. The van der Waals surface area contributed by atoms with E-state index in [4.69, 9.17) is 0 Å². The van der Waals surface area contributed by atoms with E-state index in [2.05, 4.69) is 22.6 Å². The van der Waals surface area contributed by atoms with Gasteiger partial charge in [0.2, 0.25) is 0 Å². The maximum absolute atomic E-state index is 15.0. The maximum Gasteiger partial charge on any atom is 0.134 e. The van der Waals surface area contributed by atoms with E-state index >= 15 is 0 Å². The number of halogens is 4. The Balaban J connectivity index is 1.18. The molecule has 4 fully saturated rings. The van der Waals surface area contributed by atoms with Gasteiger partial charge in [-0.1, -0.05) is 74.0 Å². The molecule has 4 rings (SSSR count). The molecule has 0 aromatic carbocycles. The second-order valence-electron chi connectivity index (χ2n) is 11.2. The molecular weight excluding hydrogens is 496 g/mol. The van der Waals surface area contributed by atoms with Gasteiger partial charge in [-0.25, -0.2) is 13.2 Å². The lowest BCUT2D eigenvalue weighted by Crippen LogP contribution is -2.42. The lowest BCUT2D eigenvalue weighted by molar-refractivity contribution is -0.0132. The summed E-state index contributed by atoms with van der Waals surface area (Å²) in [5.41, 5.74) is 0. The molecule has 0 nitrogen and oxygen atoms in total. The summed E-state index contributed by atoms with van der Waals surface area (Å²) >= 11 is 2.41. The molecule has 5 unspecified atom stereocenters. The topological polar surface area (TPSA) is 0 Å². The van der Waals surface area contributed by atoms with Crippen LogP contribution in [0.15, 0.2) is 0 Å². The highest BCUT2D eigenvalue weighted by molar-refractivity contribution is 14.1. The number of hydrogen-bond donors (Lipinski definition) is 0. The van der Waals surface area contributed by atoms with Gasteiger partial charge in [0.15, 0.2) is 0 Å². The van der Waals surface area contributed by atoms with Gasteiger partial charge in [0, 0.05) is 3.92 Å². The average molecular weight is 539 g/mol. The van der Waals surface area contributed by atoms with Crippen LogP contribution < -0.4 is 0 Å². The average Bonchev–Trinajstić information content (AvgIpc) is 2.76. The van der Waals surface area contributed by atoms with E-state index in [1.54, 1.807) is 0 Å². The molecule has 0 bridgehead atoms. The molecule has 7 atom stereocenters. The third kappa shape index (κ3) is 5.71. The largest absolute Gasteiger partial charge is 0.247 e. The lowest BCUT2D eigenvalue weighted by atomic mass is 9.67. The van der Waals surface area contributed by atoms with Crippen LogP contribution in [0.2, 0.25) is 0 Å². The Kier molecular flexibility index (Phi) is 8.75. The molecule has 0 aromatic rings. The molecule has 0 amide bonds. The van der Waals surface area contributed by atoms with Gasteiger partial charge in [-0.3, -0.25) is 0 Å². The minimum atomic E-state index is -1.24. The molecule has 4 aliphatic rings. The van der Waals surface area contributed by atoms with Gasteiger partial charge in [0.1, 0.15) is 18.5 Å². The van der Waals surface area contributed by atoms with Crippen LogP contribution in [0.4, 0.5) is 13.2 Å². The molecule has 0 saturated heterocycles. The third-order valence-electron chi connectivity index (χ3n) is 9.49. The van der Waals surface area contributed by atoms with E-state index in [9.17, 15) is 13.2 Å². The minimum Gasteiger partial charge on any atom is -0.247 e. The van der Waals surface area contributed by atoms with Crippen molar-refractivity contribution in [2.75, 3.05) is 0 Å². The van der Waals surface area contributed by atoms with E-state index in [1.807, 2.05) is 0 Å². The second kappa shape index (κ2) is 11.1. The molecule has 0 radical (unpaired) electrons. The highest BCUT2D eigenvalue weighted by Gasteiger charge is 2.43. The van der Waals surface area contributed by atoms with Crippen molar-refractivity contribution in [3.05, 3.63) is 0 Å². The minimum absolute atomic E-state index is 0.0155. The van der Waals surface area contributed by atoms with E-state index in [0.717, 1.165) is 64.2 Å². The summed E-state index contributed by atoms with van der Waals surface area (Å²) in [4.78, 5) is 0. The fourth-order valence-electron chi connectivity index (χ4n) is 7.56. The van der Waals surface area contributed by atoms with Crippen LogP contribution in [-0.4, -0.2) is 22.4 Å². The Hall–Kier alpha value is 0.520. The van der Waals surface area contributed by atoms with E-state index in [1.165, 1.54) is 38.5 Å². The number of alkyl halides is 4. The smallest absolute Gasteiger partial charge is 0.134 e. The van der Waals surface area contributed by atoms with Crippen molar-refractivity contribution in [1.29, 1.82) is 0 Å². The fraction of sp³-hybridized carbons (Fsp3) is 1.00. The van der Waals surface area contributed by atoms with E-state index < -0.39 is 18.5 Å². The van der Waals surface area contributed by atoms with Gasteiger partial charge in [-0.05, 0) is 86.9 Å². The zero-order valence-corrected chi connectivity index (χ0v) is 20.8. The summed E-state index contributed by atoms with van der Waals surface area (Å²) < 4.78 is 45.0. The van der Waals surface area contributed by atoms with Crippen LogP contribution in [0, 0.1) is 35.5 Å². The molecule has 4 saturated carbocycles. The summed E-state index contributed by atoms with van der Waals surface area (Å²) in [7, 11) is 0. The lowest BCUT2D eigenvalue weighted by Gasteiger charge is -2.41. The van der Waals surface area contributed by atoms with Crippen LogP contribution in [-0.2, 0) is 0 Å². The summed E-state index contributed by atoms with van der Waals surface area (Å²) in [6.07, 6.45) is 14.2. The zero-order valence-electron chi connectivity index (χ0n) is 18.6. The van der Waals surface area contributed by atoms with Crippen LogP contribution >= 0.6 is 22.6 Å². The standard InChI is InChI=1S/C26H42F3I/c27-24-16-21(30)13-15-22(24)19-9-6-17(7-10-19)8-11-20-12-14-23(26(29)25(20)28)18-4-2-1-3-5-18/h17-26H,1-16H2/t17?,19?,20-,21-,22?,23?,24?,25?,26?/m0/s1. The van der Waals surface area contributed by atoms with Crippen molar-refractivity contribution >= 4 is 22.6 Å². The highest BCUT2D eigenvalue weighted by Crippen LogP contribution is 2.46. The SMILES string of the molecule is FC1C[C@@H](I)CCC1C1CCC(CC[C@H]2CCC(C3CCCCC3)C(F)C2F)CC1.